The maximum absolute atomic E-state index is 11.6. The number of anilines is 1. The van der Waals surface area contributed by atoms with Crippen LogP contribution in [0, 0.1) is 0 Å². The van der Waals surface area contributed by atoms with Crippen LogP contribution in [0.15, 0.2) is 30.3 Å². The first-order chi connectivity index (χ1) is 9.65. The first kappa shape index (κ1) is 13.5. The molecule has 20 heavy (non-hydrogen) atoms. The lowest BCUT2D eigenvalue weighted by Crippen LogP contribution is -2.44. The van der Waals surface area contributed by atoms with E-state index in [1.165, 1.54) is 0 Å². The molecule has 1 unspecified atom stereocenters. The number of tetrazole rings is 1. The minimum Gasteiger partial charge on any atom is -0.480 e. The molecule has 0 aliphatic heterocycles. The number of amides is 2. The van der Waals surface area contributed by atoms with Crippen LogP contribution < -0.4 is 10.6 Å². The van der Waals surface area contributed by atoms with Crippen LogP contribution >= 0.6 is 0 Å². The third-order valence-corrected chi connectivity index (χ3v) is 2.46. The second-order valence-corrected chi connectivity index (χ2v) is 3.93. The van der Waals surface area contributed by atoms with Gasteiger partial charge in [-0.15, -0.1) is 0 Å². The Kier molecular flexibility index (Phi) is 4.22. The molecule has 104 valence electrons. The Bertz CT molecular complexity index is 571. The SMILES string of the molecule is O=C(Nc1nnn[nH]1)NC(Cc1ccccc1)C(=O)O. The van der Waals surface area contributed by atoms with Crippen molar-refractivity contribution in [1.82, 2.24) is 25.9 Å². The van der Waals surface area contributed by atoms with E-state index in [4.69, 9.17) is 5.11 Å². The number of carboxylic acid groups (broad SMARTS) is 1. The lowest BCUT2D eigenvalue weighted by Gasteiger charge is -2.14. The van der Waals surface area contributed by atoms with Gasteiger partial charge in [-0.3, -0.25) is 5.32 Å². The van der Waals surface area contributed by atoms with Gasteiger partial charge in [0, 0.05) is 6.42 Å². The van der Waals surface area contributed by atoms with Crippen LogP contribution in [-0.4, -0.2) is 43.8 Å². The van der Waals surface area contributed by atoms with Gasteiger partial charge in [0.2, 0.25) is 5.95 Å². The van der Waals surface area contributed by atoms with Gasteiger partial charge in [-0.05, 0) is 16.0 Å². The van der Waals surface area contributed by atoms with Gasteiger partial charge < -0.3 is 10.4 Å². The fraction of sp³-hybridized carbons (Fsp3) is 0.182. The molecule has 0 aliphatic carbocycles. The zero-order chi connectivity index (χ0) is 14.4. The number of carboxylic acids is 1. The van der Waals surface area contributed by atoms with Gasteiger partial charge in [0.1, 0.15) is 6.04 Å². The molecule has 1 aromatic heterocycles. The monoisotopic (exact) mass is 276 g/mol. The largest absolute Gasteiger partial charge is 0.480 e. The topological polar surface area (TPSA) is 133 Å². The molecule has 9 heteroatoms. The Morgan fingerprint density at radius 3 is 2.65 bits per heavy atom. The molecule has 0 fully saturated rings. The summed E-state index contributed by atoms with van der Waals surface area (Å²) >= 11 is 0. The van der Waals surface area contributed by atoms with Gasteiger partial charge in [-0.2, -0.15) is 0 Å². The van der Waals surface area contributed by atoms with E-state index < -0.39 is 18.0 Å². The van der Waals surface area contributed by atoms with Crippen molar-refractivity contribution in [3.63, 3.8) is 0 Å². The van der Waals surface area contributed by atoms with Crippen molar-refractivity contribution in [3.8, 4) is 0 Å². The molecule has 0 saturated carbocycles. The Morgan fingerprint density at radius 1 is 1.30 bits per heavy atom. The highest BCUT2D eigenvalue weighted by Crippen LogP contribution is 2.04. The third kappa shape index (κ3) is 3.77. The molecular weight excluding hydrogens is 264 g/mol. The summed E-state index contributed by atoms with van der Waals surface area (Å²) in [6.07, 6.45) is 0.179. The maximum Gasteiger partial charge on any atom is 0.326 e. The number of benzene rings is 1. The first-order valence-electron chi connectivity index (χ1n) is 5.73. The predicted octanol–water partition coefficient (Wildman–Crippen LogP) is 0.0171. The summed E-state index contributed by atoms with van der Waals surface area (Å²) in [5, 5.41) is 26.1. The lowest BCUT2D eigenvalue weighted by atomic mass is 10.1. The molecule has 0 spiro atoms. The molecule has 0 saturated heterocycles. The van der Waals surface area contributed by atoms with Crippen LogP contribution in [0.4, 0.5) is 10.7 Å². The van der Waals surface area contributed by atoms with Crippen LogP contribution in [-0.2, 0) is 11.2 Å². The summed E-state index contributed by atoms with van der Waals surface area (Å²) in [6, 6.07) is 7.26. The number of aromatic nitrogens is 4. The van der Waals surface area contributed by atoms with Gasteiger partial charge >= 0.3 is 12.0 Å². The molecule has 9 nitrogen and oxygen atoms in total. The summed E-state index contributed by atoms with van der Waals surface area (Å²) in [7, 11) is 0. The second-order valence-electron chi connectivity index (χ2n) is 3.93. The molecule has 1 heterocycles. The number of carbonyl (C=O) groups excluding carboxylic acids is 1. The number of aliphatic carboxylic acids is 1. The van der Waals surface area contributed by atoms with Gasteiger partial charge in [-0.25, -0.2) is 14.7 Å². The number of nitrogens with one attached hydrogen (secondary N) is 3. The molecule has 2 aromatic rings. The quantitative estimate of drug-likeness (QED) is 0.608. The molecule has 1 aromatic carbocycles. The van der Waals surface area contributed by atoms with Crippen molar-refractivity contribution < 1.29 is 14.7 Å². The minimum absolute atomic E-state index is 0.0337. The predicted molar refractivity (Wildman–Crippen MR) is 67.9 cm³/mol. The normalized spacial score (nSPS) is 11.6. The van der Waals surface area contributed by atoms with E-state index >= 15 is 0 Å². The average molecular weight is 276 g/mol. The maximum atomic E-state index is 11.6. The molecule has 2 rings (SSSR count). The van der Waals surface area contributed by atoms with Crippen molar-refractivity contribution in [1.29, 1.82) is 0 Å². The number of rotatable bonds is 5. The highest BCUT2D eigenvalue weighted by atomic mass is 16.4. The molecular formula is C11H12N6O3. The smallest absolute Gasteiger partial charge is 0.326 e. The number of carbonyl (C=O) groups is 2. The van der Waals surface area contributed by atoms with Crippen molar-refractivity contribution in [2.24, 2.45) is 0 Å². The van der Waals surface area contributed by atoms with E-state index in [1.54, 1.807) is 24.3 Å². The van der Waals surface area contributed by atoms with Crippen LogP contribution in [0.5, 0.6) is 0 Å². The van der Waals surface area contributed by atoms with Crippen LogP contribution in [0.25, 0.3) is 0 Å². The number of urea groups is 1. The molecule has 4 N–H and O–H groups in total. The number of nitrogens with zero attached hydrogens (tertiary/aromatic N) is 3. The van der Waals surface area contributed by atoms with Gasteiger partial charge in [0.15, 0.2) is 0 Å². The Hall–Kier alpha value is -2.97. The lowest BCUT2D eigenvalue weighted by molar-refractivity contribution is -0.139. The van der Waals surface area contributed by atoms with E-state index in [-0.39, 0.29) is 12.4 Å². The minimum atomic E-state index is -1.13. The summed E-state index contributed by atoms with van der Waals surface area (Å²) in [6.45, 7) is 0. The van der Waals surface area contributed by atoms with Crippen LogP contribution in [0.2, 0.25) is 0 Å². The Morgan fingerprint density at radius 2 is 2.05 bits per heavy atom. The summed E-state index contributed by atoms with van der Waals surface area (Å²) in [4.78, 5) is 22.8. The number of H-pyrrole nitrogens is 1. The Balaban J connectivity index is 1.95. The molecule has 0 aliphatic rings. The second kappa shape index (κ2) is 6.27. The number of hydrogen-bond donors (Lipinski definition) is 4. The first-order valence-corrected chi connectivity index (χ1v) is 5.73. The summed E-state index contributed by atoms with van der Waals surface area (Å²) < 4.78 is 0. The van der Waals surface area contributed by atoms with E-state index in [2.05, 4.69) is 31.3 Å². The highest BCUT2D eigenvalue weighted by molar-refractivity contribution is 5.90. The molecule has 2 amide bonds. The zero-order valence-electron chi connectivity index (χ0n) is 10.3. The number of aromatic amines is 1. The Labute approximate surface area is 113 Å². The van der Waals surface area contributed by atoms with E-state index in [0.29, 0.717) is 0 Å². The van der Waals surface area contributed by atoms with Crippen LogP contribution in [0.1, 0.15) is 5.56 Å². The van der Waals surface area contributed by atoms with Crippen molar-refractivity contribution in [3.05, 3.63) is 35.9 Å². The fourth-order valence-electron chi connectivity index (χ4n) is 1.56. The molecule has 0 radical (unpaired) electrons. The summed E-state index contributed by atoms with van der Waals surface area (Å²) in [5.41, 5.74) is 0.807. The zero-order valence-corrected chi connectivity index (χ0v) is 10.3. The molecule has 1 atom stereocenters. The van der Waals surface area contributed by atoms with E-state index in [9.17, 15) is 9.59 Å². The standard InChI is InChI=1S/C11H12N6O3/c18-9(19)8(6-7-4-2-1-3-5-7)12-11(20)13-10-14-16-17-15-10/h1-5,8H,6H2,(H,18,19)(H3,12,13,14,15,16,17,20). The van der Waals surface area contributed by atoms with Gasteiger partial charge in [0.05, 0.1) is 0 Å². The molecule has 0 bridgehead atoms. The van der Waals surface area contributed by atoms with E-state index in [0.717, 1.165) is 5.56 Å². The van der Waals surface area contributed by atoms with Crippen molar-refractivity contribution in [2.45, 2.75) is 12.5 Å². The van der Waals surface area contributed by atoms with E-state index in [1.807, 2.05) is 6.07 Å². The third-order valence-electron chi connectivity index (χ3n) is 2.46. The summed E-state index contributed by atoms with van der Waals surface area (Å²) in [5.74, 6) is -1.09. The van der Waals surface area contributed by atoms with Crippen molar-refractivity contribution >= 4 is 17.9 Å². The van der Waals surface area contributed by atoms with Gasteiger partial charge in [0.25, 0.3) is 0 Å². The average Bonchev–Trinajstić information content (AvgIpc) is 2.92. The fourth-order valence-corrected chi connectivity index (χ4v) is 1.56. The highest BCUT2D eigenvalue weighted by Gasteiger charge is 2.20. The van der Waals surface area contributed by atoms with Crippen LogP contribution in [0.3, 0.4) is 0 Å². The van der Waals surface area contributed by atoms with Gasteiger partial charge in [-0.1, -0.05) is 35.4 Å². The van der Waals surface area contributed by atoms with Crippen molar-refractivity contribution in [2.75, 3.05) is 5.32 Å². The number of hydrogen-bond acceptors (Lipinski definition) is 5.